The van der Waals surface area contributed by atoms with Crippen molar-refractivity contribution in [1.82, 2.24) is 10.2 Å². The van der Waals surface area contributed by atoms with Gasteiger partial charge in [-0.1, -0.05) is 61.0 Å². The van der Waals surface area contributed by atoms with Crippen LogP contribution in [0.4, 0.5) is 0 Å². The zero-order valence-electron chi connectivity index (χ0n) is 13.7. The number of nitrogens with zero attached hydrogens (tertiary/aromatic N) is 2. The van der Waals surface area contributed by atoms with Gasteiger partial charge in [-0.3, -0.25) is 4.79 Å². The van der Waals surface area contributed by atoms with Crippen molar-refractivity contribution in [3.05, 3.63) is 64.7 Å². The van der Waals surface area contributed by atoms with E-state index in [9.17, 15) is 4.79 Å². The van der Waals surface area contributed by atoms with Crippen LogP contribution >= 0.6 is 23.4 Å². The van der Waals surface area contributed by atoms with Gasteiger partial charge in [0.25, 0.3) is 5.22 Å². The number of aromatic nitrogens is 2. The van der Waals surface area contributed by atoms with Crippen LogP contribution in [0.3, 0.4) is 0 Å². The van der Waals surface area contributed by atoms with Crippen LogP contribution in [0, 0.1) is 0 Å². The Bertz CT molecular complexity index is 845. The average Bonchev–Trinajstić information content (AvgIpc) is 3.10. The minimum atomic E-state index is 0.0410. The standard InChI is InChI=1S/C19H17ClN2O2S/c1-2-3-13-4-6-14(7-5-13)17(23)12-25-19-22-21-18(24-19)15-8-10-16(20)11-9-15/h4-11H,2-3,12H2,1H3. The summed E-state index contributed by atoms with van der Waals surface area (Å²) in [6.07, 6.45) is 2.12. The maximum atomic E-state index is 12.3. The molecular formula is C19H17ClN2O2S. The molecule has 0 spiro atoms. The molecule has 0 unspecified atom stereocenters. The number of carbonyl (C=O) groups is 1. The second-order valence-electron chi connectivity index (χ2n) is 5.54. The molecule has 25 heavy (non-hydrogen) atoms. The molecule has 0 saturated carbocycles. The maximum Gasteiger partial charge on any atom is 0.277 e. The van der Waals surface area contributed by atoms with Gasteiger partial charge in [0.2, 0.25) is 5.89 Å². The van der Waals surface area contributed by atoms with Crippen molar-refractivity contribution >= 4 is 29.1 Å². The van der Waals surface area contributed by atoms with Crippen molar-refractivity contribution in [3.8, 4) is 11.5 Å². The molecule has 0 aliphatic carbocycles. The lowest BCUT2D eigenvalue weighted by Gasteiger charge is -2.02. The average molecular weight is 373 g/mol. The molecule has 0 bridgehead atoms. The van der Waals surface area contributed by atoms with Crippen LogP contribution in [-0.2, 0) is 6.42 Å². The molecule has 1 aromatic heterocycles. The topological polar surface area (TPSA) is 56.0 Å². The zero-order valence-corrected chi connectivity index (χ0v) is 15.3. The van der Waals surface area contributed by atoms with E-state index < -0.39 is 0 Å². The van der Waals surface area contributed by atoms with Gasteiger partial charge in [-0.05, 0) is 36.2 Å². The van der Waals surface area contributed by atoms with Crippen LogP contribution < -0.4 is 0 Å². The van der Waals surface area contributed by atoms with Crippen molar-refractivity contribution in [2.24, 2.45) is 0 Å². The third-order valence-corrected chi connectivity index (χ3v) is 4.71. The Balaban J connectivity index is 1.60. The molecule has 2 aromatic carbocycles. The molecule has 3 rings (SSSR count). The van der Waals surface area contributed by atoms with E-state index in [0.29, 0.717) is 21.7 Å². The van der Waals surface area contributed by atoms with Gasteiger partial charge < -0.3 is 4.42 Å². The highest BCUT2D eigenvalue weighted by Gasteiger charge is 2.12. The minimum absolute atomic E-state index is 0.0410. The highest BCUT2D eigenvalue weighted by Crippen LogP contribution is 2.24. The fourth-order valence-electron chi connectivity index (χ4n) is 2.33. The van der Waals surface area contributed by atoms with Crippen LogP contribution in [0.5, 0.6) is 0 Å². The molecule has 6 heteroatoms. The molecule has 4 nitrogen and oxygen atoms in total. The molecule has 0 atom stereocenters. The van der Waals surface area contributed by atoms with E-state index in [1.165, 1.54) is 17.3 Å². The summed E-state index contributed by atoms with van der Waals surface area (Å²) in [5, 5.41) is 9.01. The fourth-order valence-corrected chi connectivity index (χ4v) is 3.12. The van der Waals surface area contributed by atoms with Gasteiger partial charge in [0.1, 0.15) is 0 Å². The van der Waals surface area contributed by atoms with Crippen LogP contribution in [0.1, 0.15) is 29.3 Å². The zero-order chi connectivity index (χ0) is 17.6. The Kier molecular flexibility index (Phi) is 5.89. The molecule has 0 aliphatic rings. The largest absolute Gasteiger partial charge is 0.411 e. The number of Topliss-reactive ketones (excluding diaryl/α,β-unsaturated/α-hetero) is 1. The predicted octanol–water partition coefficient (Wildman–Crippen LogP) is 5.32. The summed E-state index contributed by atoms with van der Waals surface area (Å²) in [6, 6.07) is 14.9. The molecule has 0 N–H and O–H groups in total. The van der Waals surface area contributed by atoms with Crippen molar-refractivity contribution < 1.29 is 9.21 Å². The van der Waals surface area contributed by atoms with E-state index in [1.54, 1.807) is 12.1 Å². The summed E-state index contributed by atoms with van der Waals surface area (Å²) < 4.78 is 5.59. The van der Waals surface area contributed by atoms with Gasteiger partial charge in [0.05, 0.1) is 5.75 Å². The number of hydrogen-bond acceptors (Lipinski definition) is 5. The number of carbonyl (C=O) groups excluding carboxylic acids is 1. The van der Waals surface area contributed by atoms with Crippen molar-refractivity contribution in [2.75, 3.05) is 5.75 Å². The molecular weight excluding hydrogens is 356 g/mol. The molecule has 0 radical (unpaired) electrons. The SMILES string of the molecule is CCCc1ccc(C(=O)CSc2nnc(-c3ccc(Cl)cc3)o2)cc1. The summed E-state index contributed by atoms with van der Waals surface area (Å²) >= 11 is 7.11. The van der Waals surface area contributed by atoms with E-state index >= 15 is 0 Å². The Labute approximate surface area is 155 Å². The Morgan fingerprint density at radius 3 is 2.48 bits per heavy atom. The molecule has 0 fully saturated rings. The first-order valence-electron chi connectivity index (χ1n) is 8.00. The Hall–Kier alpha value is -2.11. The summed E-state index contributed by atoms with van der Waals surface area (Å²) in [5.74, 6) is 0.713. The smallest absolute Gasteiger partial charge is 0.277 e. The summed E-state index contributed by atoms with van der Waals surface area (Å²) in [5.41, 5.74) is 2.74. The third-order valence-electron chi connectivity index (χ3n) is 3.64. The van der Waals surface area contributed by atoms with Gasteiger partial charge in [0, 0.05) is 16.1 Å². The predicted molar refractivity (Wildman–Crippen MR) is 100 cm³/mol. The van der Waals surface area contributed by atoms with Gasteiger partial charge in [0.15, 0.2) is 5.78 Å². The van der Waals surface area contributed by atoms with Crippen LogP contribution in [0.25, 0.3) is 11.5 Å². The number of ketones is 1. The highest BCUT2D eigenvalue weighted by molar-refractivity contribution is 7.99. The number of benzene rings is 2. The lowest BCUT2D eigenvalue weighted by Crippen LogP contribution is -2.02. The molecule has 0 amide bonds. The van der Waals surface area contributed by atoms with Gasteiger partial charge >= 0.3 is 0 Å². The summed E-state index contributed by atoms with van der Waals surface area (Å²) in [6.45, 7) is 2.14. The van der Waals surface area contributed by atoms with Crippen molar-refractivity contribution in [1.29, 1.82) is 0 Å². The van der Waals surface area contributed by atoms with Crippen LogP contribution in [0.15, 0.2) is 58.2 Å². The Morgan fingerprint density at radius 2 is 1.80 bits per heavy atom. The normalized spacial score (nSPS) is 10.8. The second-order valence-corrected chi connectivity index (χ2v) is 6.90. The van der Waals surface area contributed by atoms with Gasteiger partial charge in [-0.15, -0.1) is 10.2 Å². The monoisotopic (exact) mass is 372 g/mol. The summed E-state index contributed by atoms with van der Waals surface area (Å²) in [4.78, 5) is 12.3. The van der Waals surface area contributed by atoms with Crippen LogP contribution in [-0.4, -0.2) is 21.7 Å². The van der Waals surface area contributed by atoms with Crippen molar-refractivity contribution in [2.45, 2.75) is 25.0 Å². The van der Waals surface area contributed by atoms with Gasteiger partial charge in [-0.2, -0.15) is 0 Å². The maximum absolute atomic E-state index is 12.3. The van der Waals surface area contributed by atoms with Gasteiger partial charge in [-0.25, -0.2) is 0 Å². The van der Waals surface area contributed by atoms with E-state index in [2.05, 4.69) is 17.1 Å². The number of aryl methyl sites for hydroxylation is 1. The first-order valence-corrected chi connectivity index (χ1v) is 9.36. The van der Waals surface area contributed by atoms with Crippen molar-refractivity contribution in [3.63, 3.8) is 0 Å². The number of halogens is 1. The number of rotatable bonds is 7. The number of hydrogen-bond donors (Lipinski definition) is 0. The quantitative estimate of drug-likeness (QED) is 0.415. The Morgan fingerprint density at radius 1 is 1.08 bits per heavy atom. The van der Waals surface area contributed by atoms with E-state index in [-0.39, 0.29) is 11.5 Å². The fraction of sp³-hybridized carbons (Fsp3) is 0.211. The van der Waals surface area contributed by atoms with E-state index in [0.717, 1.165) is 18.4 Å². The second kappa shape index (κ2) is 8.32. The minimum Gasteiger partial charge on any atom is -0.411 e. The number of thioether (sulfide) groups is 1. The molecule has 0 aliphatic heterocycles. The lowest BCUT2D eigenvalue weighted by atomic mass is 10.1. The lowest BCUT2D eigenvalue weighted by molar-refractivity contribution is 0.102. The third kappa shape index (κ3) is 4.71. The molecule has 3 aromatic rings. The first-order chi connectivity index (χ1) is 12.2. The highest BCUT2D eigenvalue weighted by atomic mass is 35.5. The molecule has 128 valence electrons. The van der Waals surface area contributed by atoms with Crippen LogP contribution in [0.2, 0.25) is 5.02 Å². The van der Waals surface area contributed by atoms with E-state index in [4.69, 9.17) is 16.0 Å². The van der Waals surface area contributed by atoms with E-state index in [1.807, 2.05) is 36.4 Å². The first kappa shape index (κ1) is 17.7. The molecule has 0 saturated heterocycles. The molecule has 1 heterocycles. The summed E-state index contributed by atoms with van der Waals surface area (Å²) in [7, 11) is 0.